The average Bonchev–Trinajstić information content (AvgIpc) is 2.79. The van der Waals surface area contributed by atoms with Crippen LogP contribution in [0.15, 0.2) is 35.9 Å². The fourth-order valence-electron chi connectivity index (χ4n) is 2.20. The van der Waals surface area contributed by atoms with Crippen molar-refractivity contribution >= 4 is 23.4 Å². The zero-order chi connectivity index (χ0) is 26.5. The van der Waals surface area contributed by atoms with Gasteiger partial charge in [0, 0.05) is 24.9 Å². The standard InChI is InChI=1S/C20H27F3N4O4.C3H8/c1-5-12(2)16(24)18(29)27(4)11-10-13(3)17(28)26-31-15-8-6-14(7-9-15)25-19(30)20(21,22)23;1-3-2/h6-10,12,16H,5,11,24H2,1-4H3,(H,25,30)(H,26,28);3H2,1-2H3/b13-10+;. The number of amides is 3. The van der Waals surface area contributed by atoms with Crippen molar-refractivity contribution in [2.24, 2.45) is 11.7 Å². The quantitative estimate of drug-likeness (QED) is 0.362. The number of rotatable bonds is 9. The van der Waals surface area contributed by atoms with Crippen LogP contribution in [0.2, 0.25) is 0 Å². The Hall–Kier alpha value is -3.08. The normalized spacial score (nSPS) is 13.1. The van der Waals surface area contributed by atoms with E-state index in [9.17, 15) is 27.6 Å². The summed E-state index contributed by atoms with van der Waals surface area (Å²) in [6.07, 6.45) is -1.44. The SMILES string of the molecule is CCC.CCC(C)C(N)C(=O)N(C)C/C=C(\C)C(=O)NOc1ccc(NC(=O)C(F)(F)F)cc1. The lowest BCUT2D eigenvalue weighted by Gasteiger charge is -2.23. The van der Waals surface area contributed by atoms with Crippen molar-refractivity contribution in [3.8, 4) is 5.75 Å². The summed E-state index contributed by atoms with van der Waals surface area (Å²) in [5.41, 5.74) is 8.30. The summed E-state index contributed by atoms with van der Waals surface area (Å²) in [5, 5.41) is 1.69. The Balaban J connectivity index is 0.00000343. The van der Waals surface area contributed by atoms with Gasteiger partial charge in [-0.05, 0) is 37.1 Å². The van der Waals surface area contributed by atoms with Gasteiger partial charge in [0.2, 0.25) is 5.91 Å². The topological polar surface area (TPSA) is 114 Å². The first-order chi connectivity index (χ1) is 15.8. The third kappa shape index (κ3) is 11.2. The van der Waals surface area contributed by atoms with E-state index in [1.165, 1.54) is 48.6 Å². The Kier molecular flexibility index (Phi) is 13.6. The fraction of sp³-hybridized carbons (Fsp3) is 0.522. The first-order valence-corrected chi connectivity index (χ1v) is 10.9. The summed E-state index contributed by atoms with van der Waals surface area (Å²) >= 11 is 0. The van der Waals surface area contributed by atoms with Gasteiger partial charge < -0.3 is 20.8 Å². The molecule has 1 aromatic rings. The Labute approximate surface area is 198 Å². The molecule has 8 nitrogen and oxygen atoms in total. The highest BCUT2D eigenvalue weighted by atomic mass is 19.4. The molecule has 1 rings (SSSR count). The minimum absolute atomic E-state index is 0.0323. The smallest absolute Gasteiger partial charge is 0.379 e. The van der Waals surface area contributed by atoms with E-state index < -0.39 is 24.0 Å². The molecular formula is C23H35F3N4O4. The van der Waals surface area contributed by atoms with Gasteiger partial charge in [0.25, 0.3) is 5.91 Å². The van der Waals surface area contributed by atoms with Crippen LogP contribution in [0.1, 0.15) is 47.5 Å². The van der Waals surface area contributed by atoms with Gasteiger partial charge in [0.05, 0.1) is 6.04 Å². The van der Waals surface area contributed by atoms with Crippen LogP contribution < -0.4 is 21.4 Å². The summed E-state index contributed by atoms with van der Waals surface area (Å²) in [5.74, 6) is -2.72. The van der Waals surface area contributed by atoms with Gasteiger partial charge in [-0.3, -0.25) is 14.4 Å². The molecule has 34 heavy (non-hydrogen) atoms. The maximum Gasteiger partial charge on any atom is 0.471 e. The monoisotopic (exact) mass is 488 g/mol. The van der Waals surface area contributed by atoms with Crippen molar-refractivity contribution in [3.63, 3.8) is 0 Å². The van der Waals surface area contributed by atoms with Gasteiger partial charge in [-0.1, -0.05) is 46.6 Å². The molecule has 0 bridgehead atoms. The van der Waals surface area contributed by atoms with Gasteiger partial charge in [-0.25, -0.2) is 0 Å². The van der Waals surface area contributed by atoms with Crippen LogP contribution >= 0.6 is 0 Å². The van der Waals surface area contributed by atoms with Crippen molar-refractivity contribution in [1.82, 2.24) is 10.4 Å². The molecule has 0 aliphatic rings. The molecular weight excluding hydrogens is 453 g/mol. The van der Waals surface area contributed by atoms with Crippen molar-refractivity contribution in [3.05, 3.63) is 35.9 Å². The molecule has 192 valence electrons. The van der Waals surface area contributed by atoms with E-state index in [0.29, 0.717) is 0 Å². The van der Waals surface area contributed by atoms with Gasteiger partial charge >= 0.3 is 12.1 Å². The molecule has 0 heterocycles. The van der Waals surface area contributed by atoms with Gasteiger partial charge in [-0.2, -0.15) is 18.7 Å². The first-order valence-electron chi connectivity index (χ1n) is 10.9. The zero-order valence-corrected chi connectivity index (χ0v) is 20.5. The van der Waals surface area contributed by atoms with Gasteiger partial charge in [0.1, 0.15) is 0 Å². The second-order valence-corrected chi connectivity index (χ2v) is 7.73. The minimum Gasteiger partial charge on any atom is -0.379 e. The molecule has 11 heteroatoms. The lowest BCUT2D eigenvalue weighted by Crippen LogP contribution is -2.45. The van der Waals surface area contributed by atoms with E-state index in [4.69, 9.17) is 10.6 Å². The van der Waals surface area contributed by atoms with Crippen molar-refractivity contribution in [2.75, 3.05) is 18.9 Å². The number of halogens is 3. The molecule has 1 aromatic carbocycles. The van der Waals surface area contributed by atoms with Crippen LogP contribution in [0.25, 0.3) is 0 Å². The molecule has 3 amide bonds. The molecule has 0 aliphatic carbocycles. The Bertz CT molecular complexity index is 826. The summed E-state index contributed by atoms with van der Waals surface area (Å²) in [6.45, 7) is 9.79. The number of anilines is 1. The minimum atomic E-state index is -5.00. The molecule has 0 saturated heterocycles. The average molecular weight is 489 g/mol. The van der Waals surface area contributed by atoms with E-state index in [-0.39, 0.29) is 35.4 Å². The van der Waals surface area contributed by atoms with E-state index in [2.05, 4.69) is 19.3 Å². The number of carbonyl (C=O) groups excluding carboxylic acids is 3. The number of carbonyl (C=O) groups is 3. The maximum absolute atomic E-state index is 12.2. The highest BCUT2D eigenvalue weighted by molar-refractivity contribution is 5.95. The van der Waals surface area contributed by atoms with E-state index in [1.54, 1.807) is 12.4 Å². The van der Waals surface area contributed by atoms with Crippen molar-refractivity contribution in [1.29, 1.82) is 0 Å². The number of alkyl halides is 3. The third-order valence-corrected chi connectivity index (χ3v) is 4.58. The number of likely N-dealkylation sites (N-methyl/N-ethyl adjacent to an activating group) is 1. The molecule has 2 unspecified atom stereocenters. The van der Waals surface area contributed by atoms with E-state index in [1.807, 2.05) is 13.8 Å². The van der Waals surface area contributed by atoms with Crippen LogP contribution in [0.4, 0.5) is 18.9 Å². The number of benzene rings is 1. The predicted octanol–water partition coefficient (Wildman–Crippen LogP) is 3.79. The lowest BCUT2D eigenvalue weighted by molar-refractivity contribution is -0.167. The molecule has 0 fully saturated rings. The predicted molar refractivity (Wildman–Crippen MR) is 125 cm³/mol. The largest absolute Gasteiger partial charge is 0.471 e. The van der Waals surface area contributed by atoms with Gasteiger partial charge in [0.15, 0.2) is 5.75 Å². The van der Waals surface area contributed by atoms with Gasteiger partial charge in [-0.15, -0.1) is 0 Å². The number of hydroxylamine groups is 1. The number of nitrogens with zero attached hydrogens (tertiary/aromatic N) is 1. The summed E-state index contributed by atoms with van der Waals surface area (Å²) in [4.78, 5) is 41.7. The maximum atomic E-state index is 12.2. The van der Waals surface area contributed by atoms with Crippen LogP contribution in [0.5, 0.6) is 5.75 Å². The Morgan fingerprint density at radius 2 is 1.68 bits per heavy atom. The molecule has 0 spiro atoms. The number of nitrogens with one attached hydrogen (secondary N) is 2. The molecule has 0 radical (unpaired) electrons. The van der Waals surface area contributed by atoms with E-state index in [0.717, 1.165) is 6.42 Å². The summed E-state index contributed by atoms with van der Waals surface area (Å²) in [7, 11) is 1.59. The highest BCUT2D eigenvalue weighted by Gasteiger charge is 2.38. The highest BCUT2D eigenvalue weighted by Crippen LogP contribution is 2.20. The van der Waals surface area contributed by atoms with Crippen LogP contribution in [0.3, 0.4) is 0 Å². The van der Waals surface area contributed by atoms with Crippen LogP contribution in [-0.2, 0) is 14.4 Å². The molecule has 0 saturated carbocycles. The first kappa shape index (κ1) is 30.9. The lowest BCUT2D eigenvalue weighted by atomic mass is 9.99. The van der Waals surface area contributed by atoms with Crippen molar-refractivity contribution < 1.29 is 32.4 Å². The molecule has 0 aliphatic heterocycles. The van der Waals surface area contributed by atoms with E-state index >= 15 is 0 Å². The zero-order valence-electron chi connectivity index (χ0n) is 20.5. The summed E-state index contributed by atoms with van der Waals surface area (Å²) in [6, 6.07) is 4.30. The number of hydrogen-bond acceptors (Lipinski definition) is 5. The second-order valence-electron chi connectivity index (χ2n) is 7.73. The van der Waals surface area contributed by atoms with Crippen LogP contribution in [-0.4, -0.2) is 48.4 Å². The second kappa shape index (κ2) is 14.9. The molecule has 2 atom stereocenters. The fourth-order valence-corrected chi connectivity index (χ4v) is 2.20. The Morgan fingerprint density at radius 3 is 2.15 bits per heavy atom. The van der Waals surface area contributed by atoms with Crippen molar-refractivity contribution in [2.45, 2.75) is 59.7 Å². The number of hydrogen-bond donors (Lipinski definition) is 3. The molecule has 0 aromatic heterocycles. The molecule has 4 N–H and O–H groups in total. The van der Waals surface area contributed by atoms with Crippen LogP contribution in [0, 0.1) is 5.92 Å². The number of nitrogens with two attached hydrogens (primary N) is 1. The summed E-state index contributed by atoms with van der Waals surface area (Å²) < 4.78 is 36.7. The Morgan fingerprint density at radius 1 is 1.15 bits per heavy atom. The third-order valence-electron chi connectivity index (χ3n) is 4.58.